The second-order valence-electron chi connectivity index (χ2n) is 5.35. The third kappa shape index (κ3) is 2.05. The maximum absolute atomic E-state index is 3.46. The van der Waals surface area contributed by atoms with Gasteiger partial charge in [0.1, 0.15) is 0 Å². The fourth-order valence-electron chi connectivity index (χ4n) is 3.25. The molecule has 0 saturated carbocycles. The molecule has 0 bridgehead atoms. The van der Waals surface area contributed by atoms with Crippen molar-refractivity contribution in [1.82, 2.24) is 15.1 Å². The molecular formula is C12H23N3. The quantitative estimate of drug-likeness (QED) is 0.715. The van der Waals surface area contributed by atoms with E-state index in [0.717, 1.165) is 12.1 Å². The minimum Gasteiger partial charge on any atom is -0.315 e. The average Bonchev–Trinajstić information content (AvgIpc) is 2.70. The zero-order chi connectivity index (χ0) is 10.1. The van der Waals surface area contributed by atoms with Crippen LogP contribution >= 0.6 is 0 Å². The Bertz CT molecular complexity index is 201. The van der Waals surface area contributed by atoms with Crippen LogP contribution < -0.4 is 5.32 Å². The van der Waals surface area contributed by atoms with Gasteiger partial charge in [0.15, 0.2) is 0 Å². The maximum Gasteiger partial charge on any atom is 0.0350 e. The summed E-state index contributed by atoms with van der Waals surface area (Å²) in [7, 11) is 0. The minimum atomic E-state index is 0.853. The van der Waals surface area contributed by atoms with Gasteiger partial charge >= 0.3 is 0 Å². The normalized spacial score (nSPS) is 35.6. The van der Waals surface area contributed by atoms with Crippen molar-refractivity contribution in [2.45, 2.75) is 37.8 Å². The Morgan fingerprint density at radius 1 is 0.867 bits per heavy atom. The van der Waals surface area contributed by atoms with Crippen LogP contribution in [0.5, 0.6) is 0 Å². The van der Waals surface area contributed by atoms with Crippen molar-refractivity contribution in [1.29, 1.82) is 0 Å². The van der Waals surface area contributed by atoms with Gasteiger partial charge in [0.25, 0.3) is 0 Å². The largest absolute Gasteiger partial charge is 0.315 e. The highest BCUT2D eigenvalue weighted by molar-refractivity contribution is 4.94. The predicted molar refractivity (Wildman–Crippen MR) is 62.1 cm³/mol. The third-order valence-corrected chi connectivity index (χ3v) is 4.35. The second-order valence-corrected chi connectivity index (χ2v) is 5.35. The van der Waals surface area contributed by atoms with Crippen molar-refractivity contribution in [2.24, 2.45) is 0 Å². The van der Waals surface area contributed by atoms with Crippen LogP contribution in [0, 0.1) is 0 Å². The van der Waals surface area contributed by atoms with Gasteiger partial charge in [-0.15, -0.1) is 0 Å². The van der Waals surface area contributed by atoms with Gasteiger partial charge in [-0.2, -0.15) is 0 Å². The van der Waals surface area contributed by atoms with E-state index in [1.807, 2.05) is 0 Å². The van der Waals surface area contributed by atoms with Crippen LogP contribution in [0.2, 0.25) is 0 Å². The number of rotatable bonds is 2. The van der Waals surface area contributed by atoms with Crippen LogP contribution in [-0.4, -0.2) is 61.2 Å². The molecule has 3 nitrogen and oxygen atoms in total. The number of nitrogens with one attached hydrogen (secondary N) is 1. The van der Waals surface area contributed by atoms with Crippen LogP contribution in [0.25, 0.3) is 0 Å². The summed E-state index contributed by atoms with van der Waals surface area (Å²) in [6, 6.07) is 1.75. The number of likely N-dealkylation sites (tertiary alicyclic amines) is 2. The van der Waals surface area contributed by atoms with Gasteiger partial charge in [-0.25, -0.2) is 0 Å². The SMILES string of the molecule is C1CCN(C2CN(C3CCNC3)C2)CC1. The first-order valence-electron chi connectivity index (χ1n) is 6.62. The molecule has 1 N–H and O–H groups in total. The molecule has 3 aliphatic heterocycles. The molecule has 3 rings (SSSR count). The lowest BCUT2D eigenvalue weighted by atomic mass is 10.00. The average molecular weight is 209 g/mol. The van der Waals surface area contributed by atoms with Crippen LogP contribution in [0.1, 0.15) is 25.7 Å². The summed E-state index contributed by atoms with van der Waals surface area (Å²) in [5.41, 5.74) is 0. The van der Waals surface area contributed by atoms with Gasteiger partial charge in [0, 0.05) is 31.7 Å². The lowest BCUT2D eigenvalue weighted by Crippen LogP contribution is -2.63. The molecule has 1 atom stereocenters. The van der Waals surface area contributed by atoms with Crippen LogP contribution in [-0.2, 0) is 0 Å². The molecule has 0 aromatic heterocycles. The molecule has 0 radical (unpaired) electrons. The van der Waals surface area contributed by atoms with E-state index < -0.39 is 0 Å². The first-order valence-corrected chi connectivity index (χ1v) is 6.62. The van der Waals surface area contributed by atoms with Gasteiger partial charge in [0.2, 0.25) is 0 Å². The first kappa shape index (κ1) is 10.1. The molecule has 3 heterocycles. The van der Waals surface area contributed by atoms with Crippen molar-refractivity contribution < 1.29 is 0 Å². The van der Waals surface area contributed by atoms with Crippen LogP contribution in [0.15, 0.2) is 0 Å². The lowest BCUT2D eigenvalue weighted by Gasteiger charge is -2.49. The smallest absolute Gasteiger partial charge is 0.0350 e. The fraction of sp³-hybridized carbons (Fsp3) is 1.00. The molecule has 0 aromatic carbocycles. The maximum atomic E-state index is 3.46. The van der Waals surface area contributed by atoms with Gasteiger partial charge in [-0.05, 0) is 38.9 Å². The summed E-state index contributed by atoms with van der Waals surface area (Å²) in [4.78, 5) is 5.40. The van der Waals surface area contributed by atoms with Crippen molar-refractivity contribution >= 4 is 0 Å². The van der Waals surface area contributed by atoms with Crippen LogP contribution in [0.4, 0.5) is 0 Å². The Balaban J connectivity index is 1.44. The Morgan fingerprint density at radius 3 is 2.33 bits per heavy atom. The molecule has 3 saturated heterocycles. The Morgan fingerprint density at radius 2 is 1.67 bits per heavy atom. The number of hydrogen-bond donors (Lipinski definition) is 1. The molecule has 1 unspecified atom stereocenters. The number of hydrogen-bond acceptors (Lipinski definition) is 3. The summed E-state index contributed by atoms with van der Waals surface area (Å²) >= 11 is 0. The molecule has 3 aliphatic rings. The van der Waals surface area contributed by atoms with Gasteiger partial charge in [0.05, 0.1) is 0 Å². The van der Waals surface area contributed by atoms with E-state index in [2.05, 4.69) is 15.1 Å². The first-order chi connectivity index (χ1) is 7.43. The summed E-state index contributed by atoms with van der Waals surface area (Å²) < 4.78 is 0. The number of piperidine rings is 1. The molecule has 3 heteroatoms. The van der Waals surface area contributed by atoms with E-state index in [4.69, 9.17) is 0 Å². The van der Waals surface area contributed by atoms with E-state index in [1.54, 1.807) is 0 Å². The highest BCUT2D eigenvalue weighted by atomic mass is 15.3. The van der Waals surface area contributed by atoms with E-state index >= 15 is 0 Å². The van der Waals surface area contributed by atoms with E-state index in [0.29, 0.717) is 0 Å². The highest BCUT2D eigenvalue weighted by Crippen LogP contribution is 2.23. The van der Waals surface area contributed by atoms with Crippen molar-refractivity contribution in [2.75, 3.05) is 39.3 Å². The van der Waals surface area contributed by atoms with Crippen molar-refractivity contribution in [3.05, 3.63) is 0 Å². The summed E-state index contributed by atoms with van der Waals surface area (Å²) in [5.74, 6) is 0. The Kier molecular flexibility index (Phi) is 2.95. The molecule has 15 heavy (non-hydrogen) atoms. The van der Waals surface area contributed by atoms with Gasteiger partial charge in [-0.1, -0.05) is 6.42 Å². The Labute approximate surface area is 92.8 Å². The monoisotopic (exact) mass is 209 g/mol. The second kappa shape index (κ2) is 4.40. The van der Waals surface area contributed by atoms with Crippen molar-refractivity contribution in [3.8, 4) is 0 Å². The van der Waals surface area contributed by atoms with Gasteiger partial charge in [-0.3, -0.25) is 9.80 Å². The van der Waals surface area contributed by atoms with Crippen molar-refractivity contribution in [3.63, 3.8) is 0 Å². The minimum absolute atomic E-state index is 0.853. The van der Waals surface area contributed by atoms with E-state index in [1.165, 1.54) is 65.0 Å². The topological polar surface area (TPSA) is 18.5 Å². The van der Waals surface area contributed by atoms with E-state index in [9.17, 15) is 0 Å². The summed E-state index contributed by atoms with van der Waals surface area (Å²) in [6.07, 6.45) is 5.69. The highest BCUT2D eigenvalue weighted by Gasteiger charge is 2.36. The zero-order valence-electron chi connectivity index (χ0n) is 9.62. The standard InChI is InChI=1S/C12H23N3/c1-2-6-14(7-3-1)12-9-15(10-12)11-4-5-13-8-11/h11-13H,1-10H2. The fourth-order valence-corrected chi connectivity index (χ4v) is 3.25. The molecule has 0 aromatic rings. The summed E-state index contributed by atoms with van der Waals surface area (Å²) in [6.45, 7) is 7.86. The molecule has 3 fully saturated rings. The van der Waals surface area contributed by atoms with E-state index in [-0.39, 0.29) is 0 Å². The molecule has 0 spiro atoms. The molecule has 86 valence electrons. The lowest BCUT2D eigenvalue weighted by molar-refractivity contribution is 0.00142. The predicted octanol–water partition coefficient (Wildman–Crippen LogP) is 0.518. The molecule has 0 aliphatic carbocycles. The zero-order valence-corrected chi connectivity index (χ0v) is 9.62. The number of nitrogens with zero attached hydrogens (tertiary/aromatic N) is 2. The molecular weight excluding hydrogens is 186 g/mol. The summed E-state index contributed by atoms with van der Waals surface area (Å²) in [5, 5.41) is 3.46. The van der Waals surface area contributed by atoms with Gasteiger partial charge < -0.3 is 5.32 Å². The molecule has 0 amide bonds. The third-order valence-electron chi connectivity index (χ3n) is 4.35. The van der Waals surface area contributed by atoms with Crippen LogP contribution in [0.3, 0.4) is 0 Å². The Hall–Kier alpha value is -0.120.